The van der Waals surface area contributed by atoms with E-state index in [1.54, 1.807) is 6.92 Å². The van der Waals surface area contributed by atoms with Crippen molar-refractivity contribution < 1.29 is 22.7 Å². The largest absolute Gasteiger partial charge is 0.417 e. The molecule has 3 nitrogen and oxygen atoms in total. The zero-order valence-corrected chi connectivity index (χ0v) is 13.2. The number of amides is 1. The number of hydrogen-bond donors (Lipinski definition) is 1. The molecule has 0 aliphatic heterocycles. The number of anilines is 1. The van der Waals surface area contributed by atoms with Crippen molar-refractivity contribution >= 4 is 35.0 Å². The van der Waals surface area contributed by atoms with Crippen molar-refractivity contribution in [3.8, 4) is 5.75 Å². The Balaban J connectivity index is 2.15. The number of carbonyl (C=O) groups excluding carboxylic acids is 1. The third kappa shape index (κ3) is 4.53. The van der Waals surface area contributed by atoms with E-state index in [9.17, 15) is 18.0 Å². The second-order valence-corrected chi connectivity index (χ2v) is 5.43. The lowest BCUT2D eigenvalue weighted by atomic mass is 10.2. The maximum atomic E-state index is 12.7. The molecule has 0 unspecified atom stereocenters. The molecule has 0 aliphatic rings. The molecule has 0 atom stereocenters. The fourth-order valence-corrected chi connectivity index (χ4v) is 2.00. The Morgan fingerprint density at radius 3 is 2.35 bits per heavy atom. The quantitative estimate of drug-likeness (QED) is 0.717. The van der Waals surface area contributed by atoms with Gasteiger partial charge in [-0.3, -0.25) is 5.32 Å². The van der Waals surface area contributed by atoms with Crippen LogP contribution in [0.25, 0.3) is 0 Å². The maximum Gasteiger partial charge on any atom is 0.417 e. The highest BCUT2D eigenvalue weighted by Gasteiger charge is 2.31. The van der Waals surface area contributed by atoms with Crippen LogP contribution < -0.4 is 10.1 Å². The van der Waals surface area contributed by atoms with Gasteiger partial charge in [-0.1, -0.05) is 23.2 Å². The number of ether oxygens (including phenoxy) is 1. The highest BCUT2D eigenvalue weighted by molar-refractivity contribution is 6.33. The minimum atomic E-state index is -4.54. The van der Waals surface area contributed by atoms with E-state index in [1.165, 1.54) is 18.2 Å². The summed E-state index contributed by atoms with van der Waals surface area (Å²) in [5, 5.41) is 2.64. The molecule has 2 aromatic rings. The SMILES string of the molecule is Cc1cc(OC(=O)Nc2cc(C(F)(F)F)ccc2Cl)ccc1Cl. The van der Waals surface area contributed by atoms with Crippen molar-refractivity contribution in [2.24, 2.45) is 0 Å². The summed E-state index contributed by atoms with van der Waals surface area (Å²) in [5.74, 6) is 0.201. The first-order valence-corrected chi connectivity index (χ1v) is 7.04. The van der Waals surface area contributed by atoms with Gasteiger partial charge < -0.3 is 4.74 Å². The van der Waals surface area contributed by atoms with Crippen molar-refractivity contribution in [3.05, 3.63) is 57.6 Å². The molecule has 0 saturated heterocycles. The average molecular weight is 364 g/mol. The molecule has 122 valence electrons. The topological polar surface area (TPSA) is 38.3 Å². The molecule has 1 N–H and O–H groups in total. The fourth-order valence-electron chi connectivity index (χ4n) is 1.72. The van der Waals surface area contributed by atoms with Crippen LogP contribution in [0, 0.1) is 6.92 Å². The molecule has 2 aromatic carbocycles. The fraction of sp³-hybridized carbons (Fsp3) is 0.133. The van der Waals surface area contributed by atoms with Crippen LogP contribution >= 0.6 is 23.2 Å². The van der Waals surface area contributed by atoms with Crippen LogP contribution in [0.2, 0.25) is 10.0 Å². The van der Waals surface area contributed by atoms with E-state index >= 15 is 0 Å². The van der Waals surface area contributed by atoms with Gasteiger partial charge in [-0.2, -0.15) is 13.2 Å². The van der Waals surface area contributed by atoms with Crippen molar-refractivity contribution in [1.29, 1.82) is 0 Å². The van der Waals surface area contributed by atoms with Gasteiger partial charge in [0.25, 0.3) is 0 Å². The minimum absolute atomic E-state index is 0.0396. The smallest absolute Gasteiger partial charge is 0.410 e. The van der Waals surface area contributed by atoms with Crippen molar-refractivity contribution in [2.45, 2.75) is 13.1 Å². The monoisotopic (exact) mass is 363 g/mol. The predicted octanol–water partition coefficient (Wildman–Crippen LogP) is 5.93. The van der Waals surface area contributed by atoms with Crippen LogP contribution in [-0.2, 0) is 6.18 Å². The molecule has 0 aliphatic carbocycles. The number of nitrogens with one attached hydrogen (secondary N) is 1. The van der Waals surface area contributed by atoms with Gasteiger partial charge in [-0.25, -0.2) is 4.79 Å². The standard InChI is InChI=1S/C15H10Cl2F3NO2/c1-8-6-10(3-5-11(8)16)23-14(22)21-13-7-9(15(18,19)20)2-4-12(13)17/h2-7H,1H3,(H,21,22). The second kappa shape index (κ2) is 6.68. The Hall–Kier alpha value is -1.92. The van der Waals surface area contributed by atoms with E-state index in [2.05, 4.69) is 5.32 Å². The zero-order chi connectivity index (χ0) is 17.2. The summed E-state index contributed by atoms with van der Waals surface area (Å²) in [6, 6.07) is 7.12. The van der Waals surface area contributed by atoms with Crippen LogP contribution in [0.1, 0.15) is 11.1 Å². The van der Waals surface area contributed by atoms with Gasteiger partial charge in [-0.05, 0) is 48.9 Å². The summed E-state index contributed by atoms with van der Waals surface area (Å²) >= 11 is 11.6. The highest BCUT2D eigenvalue weighted by atomic mass is 35.5. The summed E-state index contributed by atoms with van der Waals surface area (Å²) in [4.78, 5) is 11.8. The lowest BCUT2D eigenvalue weighted by Gasteiger charge is -2.12. The Morgan fingerprint density at radius 2 is 1.74 bits per heavy atom. The van der Waals surface area contributed by atoms with Gasteiger partial charge in [0.15, 0.2) is 0 Å². The lowest BCUT2D eigenvalue weighted by molar-refractivity contribution is -0.137. The van der Waals surface area contributed by atoms with Crippen molar-refractivity contribution in [3.63, 3.8) is 0 Å². The Labute approximate surface area is 140 Å². The summed E-state index contributed by atoms with van der Waals surface area (Å²) in [6.07, 6.45) is -5.51. The van der Waals surface area contributed by atoms with Gasteiger partial charge in [0.2, 0.25) is 0 Å². The van der Waals surface area contributed by atoms with E-state index < -0.39 is 17.8 Å². The van der Waals surface area contributed by atoms with E-state index in [4.69, 9.17) is 27.9 Å². The lowest BCUT2D eigenvalue weighted by Crippen LogP contribution is -2.17. The van der Waals surface area contributed by atoms with E-state index in [1.807, 2.05) is 0 Å². The van der Waals surface area contributed by atoms with Crippen LogP contribution in [0.4, 0.5) is 23.7 Å². The molecule has 0 fully saturated rings. The summed E-state index contributed by atoms with van der Waals surface area (Å²) in [5.41, 5.74) is -0.439. The number of carbonyl (C=O) groups is 1. The molecule has 1 amide bonds. The van der Waals surface area contributed by atoms with E-state index in [-0.39, 0.29) is 16.5 Å². The van der Waals surface area contributed by atoms with Gasteiger partial charge in [-0.15, -0.1) is 0 Å². The Bertz CT molecular complexity index is 748. The summed E-state index contributed by atoms with van der Waals surface area (Å²) in [6.45, 7) is 1.72. The first kappa shape index (κ1) is 17.4. The Morgan fingerprint density at radius 1 is 1.09 bits per heavy atom. The average Bonchev–Trinajstić information content (AvgIpc) is 2.44. The van der Waals surface area contributed by atoms with Gasteiger partial charge in [0, 0.05) is 5.02 Å². The van der Waals surface area contributed by atoms with Crippen molar-refractivity contribution in [1.82, 2.24) is 0 Å². The molecule has 0 spiro atoms. The predicted molar refractivity (Wildman–Crippen MR) is 82.3 cm³/mol. The first-order chi connectivity index (χ1) is 10.7. The Kier molecular flexibility index (Phi) is 5.06. The third-order valence-corrected chi connectivity index (χ3v) is 3.62. The number of benzene rings is 2. The number of alkyl halides is 3. The minimum Gasteiger partial charge on any atom is -0.410 e. The summed E-state index contributed by atoms with van der Waals surface area (Å²) in [7, 11) is 0. The summed E-state index contributed by atoms with van der Waals surface area (Å²) < 4.78 is 43.0. The number of hydrogen-bond acceptors (Lipinski definition) is 2. The molecule has 0 radical (unpaired) electrons. The molecular formula is C15H10Cl2F3NO2. The first-order valence-electron chi connectivity index (χ1n) is 6.28. The highest BCUT2D eigenvalue weighted by Crippen LogP contribution is 2.34. The number of aryl methyl sites for hydroxylation is 1. The molecule has 0 bridgehead atoms. The van der Waals surface area contributed by atoms with Gasteiger partial charge in [0.1, 0.15) is 5.75 Å². The zero-order valence-electron chi connectivity index (χ0n) is 11.7. The van der Waals surface area contributed by atoms with Crippen LogP contribution in [-0.4, -0.2) is 6.09 Å². The molecule has 0 saturated carbocycles. The molecule has 0 heterocycles. The molecule has 8 heteroatoms. The van der Waals surface area contributed by atoms with E-state index in [0.29, 0.717) is 10.6 Å². The van der Waals surface area contributed by atoms with Crippen molar-refractivity contribution in [2.75, 3.05) is 5.32 Å². The number of rotatable bonds is 2. The molecule has 2 rings (SSSR count). The maximum absolute atomic E-state index is 12.7. The van der Waals surface area contributed by atoms with E-state index in [0.717, 1.165) is 18.2 Å². The third-order valence-electron chi connectivity index (χ3n) is 2.87. The van der Waals surface area contributed by atoms with Gasteiger partial charge in [0.05, 0.1) is 16.3 Å². The van der Waals surface area contributed by atoms with Crippen LogP contribution in [0.15, 0.2) is 36.4 Å². The normalized spacial score (nSPS) is 11.2. The van der Waals surface area contributed by atoms with Crippen LogP contribution in [0.3, 0.4) is 0 Å². The second-order valence-electron chi connectivity index (χ2n) is 4.62. The van der Waals surface area contributed by atoms with Gasteiger partial charge >= 0.3 is 12.3 Å². The molecule has 23 heavy (non-hydrogen) atoms. The number of halogens is 5. The molecular weight excluding hydrogens is 354 g/mol. The molecule has 0 aromatic heterocycles. The van der Waals surface area contributed by atoms with Crippen LogP contribution in [0.5, 0.6) is 5.75 Å².